The van der Waals surface area contributed by atoms with E-state index in [1.165, 1.54) is 12.1 Å². The van der Waals surface area contributed by atoms with Gasteiger partial charge in [-0.15, -0.1) is 0 Å². The van der Waals surface area contributed by atoms with Crippen molar-refractivity contribution >= 4 is 17.3 Å². The zero-order valence-corrected chi connectivity index (χ0v) is 16.7. The molecule has 0 saturated carbocycles. The zero-order valence-electron chi connectivity index (χ0n) is 16.7. The molecule has 0 aliphatic carbocycles. The minimum atomic E-state index is -0.314. The van der Waals surface area contributed by atoms with Crippen molar-refractivity contribution in [2.75, 3.05) is 5.32 Å². The number of aliphatic imine (C=N–C) groups is 1. The smallest absolute Gasteiger partial charge is 0.174 e. The van der Waals surface area contributed by atoms with Crippen LogP contribution in [0.5, 0.6) is 5.75 Å². The molecular formula is C20H23FN6O2. The molecule has 2 N–H and O–H groups in total. The second-order valence-electron chi connectivity index (χ2n) is 7.15. The number of fused-ring (bicyclic) bond motifs is 1. The first kappa shape index (κ1) is 19.1. The number of hydrogen-bond donors (Lipinski definition) is 2. The standard InChI is InChI=1S/C20H23FN6O2/c1-11(2)28-17-6-5-14(21)9-15(17)12(3)23-18-7-8-27-20(25-18)16(10-22-27)19-24-13(4)29-26-19/h5-13H,1-4H3,(H,23,25)(H,24,26)/t12-,13?/m1/s1. The van der Waals surface area contributed by atoms with Crippen molar-refractivity contribution in [3.05, 3.63) is 53.6 Å². The van der Waals surface area contributed by atoms with E-state index >= 15 is 0 Å². The van der Waals surface area contributed by atoms with Crippen LogP contribution in [0.4, 0.5) is 10.2 Å². The van der Waals surface area contributed by atoms with E-state index in [0.29, 0.717) is 23.1 Å². The lowest BCUT2D eigenvalue weighted by atomic mass is 10.1. The molecule has 0 spiro atoms. The summed E-state index contributed by atoms with van der Waals surface area (Å²) in [6, 6.07) is 6.11. The number of anilines is 1. The molecule has 0 bridgehead atoms. The van der Waals surface area contributed by atoms with E-state index in [-0.39, 0.29) is 24.2 Å². The van der Waals surface area contributed by atoms with E-state index in [0.717, 1.165) is 11.1 Å². The molecule has 2 atom stereocenters. The van der Waals surface area contributed by atoms with Gasteiger partial charge in [0.1, 0.15) is 17.4 Å². The molecule has 2 aromatic heterocycles. The van der Waals surface area contributed by atoms with E-state index < -0.39 is 0 Å². The summed E-state index contributed by atoms with van der Waals surface area (Å²) in [6.45, 7) is 7.64. The average molecular weight is 398 g/mol. The fraction of sp³-hybridized carbons (Fsp3) is 0.350. The molecule has 29 heavy (non-hydrogen) atoms. The Labute approximate surface area is 167 Å². The summed E-state index contributed by atoms with van der Waals surface area (Å²) in [7, 11) is 0. The van der Waals surface area contributed by atoms with E-state index in [1.54, 1.807) is 23.0 Å². The summed E-state index contributed by atoms with van der Waals surface area (Å²) in [5.74, 6) is 1.54. The number of ether oxygens (including phenoxy) is 1. The molecule has 0 radical (unpaired) electrons. The number of benzene rings is 1. The van der Waals surface area contributed by atoms with Gasteiger partial charge in [-0.1, -0.05) is 0 Å². The number of hydrogen-bond acceptors (Lipinski definition) is 7. The molecule has 152 valence electrons. The third kappa shape index (κ3) is 4.00. The van der Waals surface area contributed by atoms with Gasteiger partial charge in [-0.25, -0.2) is 29.2 Å². The molecule has 8 nitrogen and oxygen atoms in total. The summed E-state index contributed by atoms with van der Waals surface area (Å²) in [6.07, 6.45) is 3.20. The van der Waals surface area contributed by atoms with Gasteiger partial charge in [0.2, 0.25) is 0 Å². The van der Waals surface area contributed by atoms with Gasteiger partial charge in [-0.2, -0.15) is 5.10 Å². The van der Waals surface area contributed by atoms with Crippen LogP contribution in [0.2, 0.25) is 0 Å². The minimum absolute atomic E-state index is 0.0143. The van der Waals surface area contributed by atoms with Crippen LogP contribution in [-0.4, -0.2) is 32.8 Å². The predicted octanol–water partition coefficient (Wildman–Crippen LogP) is 3.46. The van der Waals surface area contributed by atoms with E-state index in [1.807, 2.05) is 33.8 Å². The number of aromatic nitrogens is 3. The highest BCUT2D eigenvalue weighted by atomic mass is 19.1. The summed E-state index contributed by atoms with van der Waals surface area (Å²) < 4.78 is 21.4. The van der Waals surface area contributed by atoms with Gasteiger partial charge in [-0.3, -0.25) is 0 Å². The molecule has 9 heteroatoms. The van der Waals surface area contributed by atoms with Crippen LogP contribution in [0.25, 0.3) is 5.65 Å². The van der Waals surface area contributed by atoms with E-state index in [2.05, 4.69) is 25.9 Å². The quantitative estimate of drug-likeness (QED) is 0.662. The van der Waals surface area contributed by atoms with Crippen molar-refractivity contribution < 1.29 is 14.0 Å². The Balaban J connectivity index is 1.63. The van der Waals surface area contributed by atoms with Crippen LogP contribution in [0.1, 0.15) is 44.9 Å². The highest BCUT2D eigenvalue weighted by Gasteiger charge is 2.20. The Morgan fingerprint density at radius 1 is 1.28 bits per heavy atom. The van der Waals surface area contributed by atoms with Gasteiger partial charge in [0.15, 0.2) is 17.7 Å². The first-order chi connectivity index (χ1) is 13.9. The molecular weight excluding hydrogens is 375 g/mol. The summed E-state index contributed by atoms with van der Waals surface area (Å²) in [5.41, 5.74) is 4.88. The molecule has 0 fully saturated rings. The second-order valence-corrected chi connectivity index (χ2v) is 7.15. The molecule has 1 aliphatic heterocycles. The Kier molecular flexibility index (Phi) is 5.06. The first-order valence-electron chi connectivity index (χ1n) is 9.47. The van der Waals surface area contributed by atoms with Crippen molar-refractivity contribution in [1.82, 2.24) is 20.1 Å². The third-order valence-electron chi connectivity index (χ3n) is 4.43. The number of halogens is 1. The van der Waals surface area contributed by atoms with Crippen molar-refractivity contribution in [3.63, 3.8) is 0 Å². The summed E-state index contributed by atoms with van der Waals surface area (Å²) >= 11 is 0. The number of hydroxylamine groups is 1. The second kappa shape index (κ2) is 7.67. The average Bonchev–Trinajstić information content (AvgIpc) is 3.28. The maximum Gasteiger partial charge on any atom is 0.174 e. The third-order valence-corrected chi connectivity index (χ3v) is 4.43. The minimum Gasteiger partial charge on any atom is -0.491 e. The van der Waals surface area contributed by atoms with E-state index in [4.69, 9.17) is 9.57 Å². The largest absolute Gasteiger partial charge is 0.491 e. The monoisotopic (exact) mass is 398 g/mol. The molecule has 0 amide bonds. The zero-order chi connectivity index (χ0) is 20.5. The van der Waals surface area contributed by atoms with Gasteiger partial charge < -0.3 is 10.1 Å². The Morgan fingerprint density at radius 2 is 2.10 bits per heavy atom. The fourth-order valence-corrected chi connectivity index (χ4v) is 3.13. The van der Waals surface area contributed by atoms with Gasteiger partial charge in [0.25, 0.3) is 0 Å². The lowest BCUT2D eigenvalue weighted by molar-refractivity contribution is 0.0504. The topological polar surface area (TPSA) is 85.1 Å². The molecule has 3 heterocycles. The molecule has 4 rings (SSSR count). The molecule has 1 unspecified atom stereocenters. The highest BCUT2D eigenvalue weighted by molar-refractivity contribution is 6.03. The lowest BCUT2D eigenvalue weighted by Gasteiger charge is -2.20. The number of nitrogens with one attached hydrogen (secondary N) is 2. The number of rotatable bonds is 6. The van der Waals surface area contributed by atoms with Crippen LogP contribution in [0, 0.1) is 5.82 Å². The normalized spacial score (nSPS) is 17.3. The van der Waals surface area contributed by atoms with Crippen LogP contribution in [-0.2, 0) is 4.84 Å². The Morgan fingerprint density at radius 3 is 2.83 bits per heavy atom. The van der Waals surface area contributed by atoms with Crippen LogP contribution >= 0.6 is 0 Å². The van der Waals surface area contributed by atoms with Crippen molar-refractivity contribution in [3.8, 4) is 5.75 Å². The van der Waals surface area contributed by atoms with Crippen LogP contribution in [0.15, 0.2) is 41.7 Å². The predicted molar refractivity (Wildman–Crippen MR) is 107 cm³/mol. The van der Waals surface area contributed by atoms with Gasteiger partial charge >= 0.3 is 0 Å². The maximum atomic E-state index is 13.9. The van der Waals surface area contributed by atoms with Crippen molar-refractivity contribution in [2.24, 2.45) is 4.99 Å². The molecule has 1 aromatic carbocycles. The Hall–Kier alpha value is -3.20. The number of amidine groups is 1. The first-order valence-corrected chi connectivity index (χ1v) is 9.47. The van der Waals surface area contributed by atoms with E-state index in [9.17, 15) is 4.39 Å². The van der Waals surface area contributed by atoms with Gasteiger partial charge in [0.05, 0.1) is 23.9 Å². The number of nitrogens with zero attached hydrogens (tertiary/aromatic N) is 4. The summed E-state index contributed by atoms with van der Waals surface area (Å²) in [4.78, 5) is 14.3. The van der Waals surface area contributed by atoms with Gasteiger partial charge in [-0.05, 0) is 52.0 Å². The Bertz CT molecular complexity index is 1060. The lowest BCUT2D eigenvalue weighted by Crippen LogP contribution is -2.19. The molecule has 3 aromatic rings. The fourth-order valence-electron chi connectivity index (χ4n) is 3.13. The maximum absolute atomic E-state index is 13.9. The SMILES string of the molecule is CC(C)Oc1ccc(F)cc1[C@@H](C)Nc1ccn2ncc(C3=NC(C)ON3)c2n1. The van der Waals surface area contributed by atoms with Crippen molar-refractivity contribution in [1.29, 1.82) is 0 Å². The van der Waals surface area contributed by atoms with Crippen LogP contribution < -0.4 is 15.5 Å². The van der Waals surface area contributed by atoms with Crippen molar-refractivity contribution in [2.45, 2.75) is 46.1 Å². The van der Waals surface area contributed by atoms with Gasteiger partial charge in [0, 0.05) is 11.8 Å². The van der Waals surface area contributed by atoms with Crippen LogP contribution in [0.3, 0.4) is 0 Å². The molecule has 1 aliphatic rings. The molecule has 0 saturated heterocycles. The highest BCUT2D eigenvalue weighted by Crippen LogP contribution is 2.29. The summed E-state index contributed by atoms with van der Waals surface area (Å²) in [5, 5.41) is 7.62.